The van der Waals surface area contributed by atoms with Gasteiger partial charge in [-0.2, -0.15) is 0 Å². The van der Waals surface area contributed by atoms with E-state index in [0.717, 1.165) is 6.54 Å². The van der Waals surface area contributed by atoms with Crippen LogP contribution in [0.1, 0.15) is 20.3 Å². The zero-order valence-corrected chi connectivity index (χ0v) is 11.0. The van der Waals surface area contributed by atoms with Crippen LogP contribution < -0.4 is 0 Å². The SMILES string of the molecule is C=C(C)[Si](C)(C)CCCN(C)CC. The lowest BCUT2D eigenvalue weighted by Gasteiger charge is -2.24. The Morgan fingerprint density at radius 3 is 2.31 bits per heavy atom. The summed E-state index contributed by atoms with van der Waals surface area (Å²) in [6, 6.07) is 1.38. The van der Waals surface area contributed by atoms with Crippen molar-refractivity contribution >= 4 is 8.07 Å². The third kappa shape index (κ3) is 5.27. The monoisotopic (exact) mass is 199 g/mol. The van der Waals surface area contributed by atoms with Gasteiger partial charge in [-0.3, -0.25) is 0 Å². The maximum atomic E-state index is 4.09. The lowest BCUT2D eigenvalue weighted by Crippen LogP contribution is -2.29. The molecule has 0 aromatic rings. The molecule has 78 valence electrons. The van der Waals surface area contributed by atoms with Crippen molar-refractivity contribution in [1.29, 1.82) is 0 Å². The summed E-state index contributed by atoms with van der Waals surface area (Å²) in [4.78, 5) is 2.38. The van der Waals surface area contributed by atoms with Crippen LogP contribution in [0.25, 0.3) is 0 Å². The third-order valence-corrected chi connectivity index (χ3v) is 6.95. The van der Waals surface area contributed by atoms with Crippen LogP contribution in [0.15, 0.2) is 11.8 Å². The summed E-state index contributed by atoms with van der Waals surface area (Å²) in [5.74, 6) is 0. The number of hydrogen-bond donors (Lipinski definition) is 0. The second-order valence-corrected chi connectivity index (χ2v) is 9.78. The molecule has 0 bridgehead atoms. The fourth-order valence-electron chi connectivity index (χ4n) is 1.16. The normalized spacial score (nSPS) is 12.2. The first-order chi connectivity index (χ1) is 5.90. The molecule has 0 spiro atoms. The van der Waals surface area contributed by atoms with Crippen molar-refractivity contribution in [3.8, 4) is 0 Å². The Morgan fingerprint density at radius 2 is 1.92 bits per heavy atom. The van der Waals surface area contributed by atoms with Crippen LogP contribution in [0.4, 0.5) is 0 Å². The number of nitrogens with zero attached hydrogens (tertiary/aromatic N) is 1. The molecule has 1 nitrogen and oxygen atoms in total. The number of hydrogen-bond acceptors (Lipinski definition) is 1. The number of rotatable bonds is 6. The van der Waals surface area contributed by atoms with E-state index in [0.29, 0.717) is 0 Å². The van der Waals surface area contributed by atoms with E-state index in [1.807, 2.05) is 0 Å². The minimum absolute atomic E-state index is 1.08. The standard InChI is InChI=1S/C11H25NSi/c1-7-12(4)9-8-10-13(5,6)11(2)3/h2,7-10H2,1,3-6H3. The van der Waals surface area contributed by atoms with Crippen molar-refractivity contribution in [3.63, 3.8) is 0 Å². The molecule has 0 radical (unpaired) electrons. The zero-order valence-electron chi connectivity index (χ0n) is 9.98. The maximum Gasteiger partial charge on any atom is 0.0743 e. The highest BCUT2D eigenvalue weighted by Crippen LogP contribution is 2.19. The molecule has 0 atom stereocenters. The Kier molecular flexibility index (Phi) is 5.57. The van der Waals surface area contributed by atoms with Crippen molar-refractivity contribution in [2.24, 2.45) is 0 Å². The first-order valence-electron chi connectivity index (χ1n) is 5.24. The summed E-state index contributed by atoms with van der Waals surface area (Å²) in [6.07, 6.45) is 1.33. The largest absolute Gasteiger partial charge is 0.307 e. The van der Waals surface area contributed by atoms with Crippen molar-refractivity contribution in [1.82, 2.24) is 4.90 Å². The van der Waals surface area contributed by atoms with Gasteiger partial charge in [0.25, 0.3) is 0 Å². The van der Waals surface area contributed by atoms with E-state index in [2.05, 4.69) is 45.5 Å². The van der Waals surface area contributed by atoms with Crippen molar-refractivity contribution in [2.45, 2.75) is 39.4 Å². The fraction of sp³-hybridized carbons (Fsp3) is 0.818. The van der Waals surface area contributed by atoms with Gasteiger partial charge in [0.15, 0.2) is 0 Å². The predicted octanol–water partition coefficient (Wildman–Crippen LogP) is 3.15. The first-order valence-corrected chi connectivity index (χ1v) is 8.45. The van der Waals surface area contributed by atoms with Gasteiger partial charge in [-0.25, -0.2) is 0 Å². The molecule has 0 heterocycles. The van der Waals surface area contributed by atoms with Crippen LogP contribution in [0.3, 0.4) is 0 Å². The van der Waals surface area contributed by atoms with E-state index in [1.165, 1.54) is 24.2 Å². The molecule has 0 aromatic heterocycles. The smallest absolute Gasteiger partial charge is 0.0743 e. The van der Waals surface area contributed by atoms with Crippen LogP contribution in [0.2, 0.25) is 19.1 Å². The highest BCUT2D eigenvalue weighted by atomic mass is 28.3. The molecule has 2 heteroatoms. The van der Waals surface area contributed by atoms with E-state index < -0.39 is 8.07 Å². The molecule has 0 saturated carbocycles. The van der Waals surface area contributed by atoms with Gasteiger partial charge in [0.2, 0.25) is 0 Å². The van der Waals surface area contributed by atoms with Crippen LogP contribution in [0, 0.1) is 0 Å². The van der Waals surface area contributed by atoms with Crippen LogP contribution >= 0.6 is 0 Å². The van der Waals surface area contributed by atoms with Gasteiger partial charge >= 0.3 is 0 Å². The van der Waals surface area contributed by atoms with Gasteiger partial charge < -0.3 is 4.90 Å². The Labute approximate surface area is 84.8 Å². The summed E-state index contributed by atoms with van der Waals surface area (Å²) in [5, 5.41) is 1.44. The first kappa shape index (κ1) is 12.9. The van der Waals surface area contributed by atoms with Crippen molar-refractivity contribution < 1.29 is 0 Å². The molecule has 0 aliphatic rings. The lowest BCUT2D eigenvalue weighted by molar-refractivity contribution is 0.353. The Morgan fingerprint density at radius 1 is 1.38 bits per heavy atom. The molecule has 0 rings (SSSR count). The number of allylic oxidation sites excluding steroid dienone is 1. The Hall–Kier alpha value is -0.0831. The Balaban J connectivity index is 3.70. The van der Waals surface area contributed by atoms with Gasteiger partial charge in [0.1, 0.15) is 0 Å². The van der Waals surface area contributed by atoms with Crippen LogP contribution in [0.5, 0.6) is 0 Å². The molecule has 0 unspecified atom stereocenters. The molecular weight excluding hydrogens is 174 g/mol. The Bertz CT molecular complexity index is 163. The highest BCUT2D eigenvalue weighted by molar-refractivity contribution is 6.84. The highest BCUT2D eigenvalue weighted by Gasteiger charge is 2.20. The average molecular weight is 199 g/mol. The summed E-state index contributed by atoms with van der Waals surface area (Å²) in [6.45, 7) is 15.7. The van der Waals surface area contributed by atoms with E-state index in [9.17, 15) is 0 Å². The quantitative estimate of drug-likeness (QED) is 0.594. The van der Waals surface area contributed by atoms with Crippen molar-refractivity contribution in [2.75, 3.05) is 20.1 Å². The van der Waals surface area contributed by atoms with Gasteiger partial charge in [-0.1, -0.05) is 31.3 Å². The van der Waals surface area contributed by atoms with Gasteiger partial charge in [0, 0.05) is 0 Å². The molecule has 0 saturated heterocycles. The molecule has 0 aliphatic heterocycles. The molecule has 0 aromatic carbocycles. The summed E-state index contributed by atoms with van der Waals surface area (Å²) in [7, 11) is 1.11. The van der Waals surface area contributed by atoms with Crippen molar-refractivity contribution in [3.05, 3.63) is 11.8 Å². The van der Waals surface area contributed by atoms with Crippen LogP contribution in [-0.4, -0.2) is 33.1 Å². The lowest BCUT2D eigenvalue weighted by atomic mass is 10.4. The molecular formula is C11H25NSi. The summed E-state index contributed by atoms with van der Waals surface area (Å²) in [5.41, 5.74) is 0. The molecule has 0 N–H and O–H groups in total. The predicted molar refractivity (Wildman–Crippen MR) is 64.9 cm³/mol. The zero-order chi connectivity index (χ0) is 10.5. The molecule has 0 fully saturated rings. The molecule has 13 heavy (non-hydrogen) atoms. The average Bonchev–Trinajstić information content (AvgIpc) is 2.03. The topological polar surface area (TPSA) is 3.24 Å². The second kappa shape index (κ2) is 5.61. The fourth-order valence-corrected chi connectivity index (χ4v) is 2.63. The minimum Gasteiger partial charge on any atom is -0.307 e. The second-order valence-electron chi connectivity index (χ2n) is 4.66. The van der Waals surface area contributed by atoms with Gasteiger partial charge in [-0.05, 0) is 33.5 Å². The van der Waals surface area contributed by atoms with E-state index in [-0.39, 0.29) is 0 Å². The van der Waals surface area contributed by atoms with E-state index in [1.54, 1.807) is 0 Å². The third-order valence-electron chi connectivity index (χ3n) is 3.04. The van der Waals surface area contributed by atoms with Gasteiger partial charge in [0.05, 0.1) is 8.07 Å². The maximum absolute atomic E-state index is 4.09. The summed E-state index contributed by atoms with van der Waals surface area (Å²) < 4.78 is 0. The molecule has 0 aliphatic carbocycles. The summed E-state index contributed by atoms with van der Waals surface area (Å²) >= 11 is 0. The van der Waals surface area contributed by atoms with E-state index in [4.69, 9.17) is 0 Å². The minimum atomic E-state index is -1.08. The van der Waals surface area contributed by atoms with Crippen LogP contribution in [-0.2, 0) is 0 Å². The van der Waals surface area contributed by atoms with Gasteiger partial charge in [-0.15, -0.1) is 6.58 Å². The molecule has 0 amide bonds. The van der Waals surface area contributed by atoms with E-state index >= 15 is 0 Å².